The van der Waals surface area contributed by atoms with Crippen LogP contribution in [-0.2, 0) is 11.2 Å². The number of para-hydroxylation sites is 1. The Labute approximate surface area is 139 Å². The van der Waals surface area contributed by atoms with Crippen molar-refractivity contribution < 1.29 is 4.79 Å². The van der Waals surface area contributed by atoms with Crippen LogP contribution >= 0.6 is 0 Å². The Kier molecular flexibility index (Phi) is 5.21. The average molecular weight is 315 g/mol. The van der Waals surface area contributed by atoms with Crippen LogP contribution in [0, 0.1) is 0 Å². The number of benzene rings is 1. The molecule has 2 N–H and O–H groups in total. The second-order valence-electron chi connectivity index (χ2n) is 7.04. The number of carbonyl (C=O) groups is 1. The summed E-state index contributed by atoms with van der Waals surface area (Å²) >= 11 is 0. The molecule has 1 saturated carbocycles. The lowest BCUT2D eigenvalue weighted by Gasteiger charge is -2.42. The number of nitrogens with zero attached hydrogens (tertiary/aromatic N) is 2. The number of likely N-dealkylation sites (N-methyl/N-ethyl adjacent to an activating group) is 1. The van der Waals surface area contributed by atoms with Crippen molar-refractivity contribution in [3.8, 4) is 0 Å². The van der Waals surface area contributed by atoms with Crippen LogP contribution < -0.4 is 5.73 Å². The van der Waals surface area contributed by atoms with Gasteiger partial charge >= 0.3 is 0 Å². The number of nitrogens with two attached hydrogens (primary N) is 1. The van der Waals surface area contributed by atoms with E-state index in [1.807, 2.05) is 36.2 Å². The highest BCUT2D eigenvalue weighted by Gasteiger charge is 2.35. The molecule has 0 aromatic heterocycles. The molecule has 1 aliphatic heterocycles. The van der Waals surface area contributed by atoms with Crippen molar-refractivity contribution >= 4 is 11.6 Å². The molecule has 3 rings (SSSR count). The van der Waals surface area contributed by atoms with Gasteiger partial charge in [-0.2, -0.15) is 0 Å². The molecule has 1 saturated heterocycles. The van der Waals surface area contributed by atoms with Gasteiger partial charge < -0.3 is 10.6 Å². The third kappa shape index (κ3) is 3.69. The molecular formula is C19H29N3O. The van der Waals surface area contributed by atoms with Gasteiger partial charge in [0.25, 0.3) is 0 Å². The monoisotopic (exact) mass is 315 g/mol. The van der Waals surface area contributed by atoms with Gasteiger partial charge in [0, 0.05) is 24.8 Å². The molecule has 0 radical (unpaired) electrons. The van der Waals surface area contributed by atoms with Gasteiger partial charge in [-0.15, -0.1) is 0 Å². The summed E-state index contributed by atoms with van der Waals surface area (Å²) in [5, 5.41) is 0. The van der Waals surface area contributed by atoms with Crippen LogP contribution in [0.15, 0.2) is 24.3 Å². The van der Waals surface area contributed by atoms with Crippen LogP contribution in [0.2, 0.25) is 0 Å². The second-order valence-corrected chi connectivity index (χ2v) is 7.04. The Balaban J connectivity index is 1.68. The number of carbonyl (C=O) groups excluding carboxylic acids is 1. The van der Waals surface area contributed by atoms with Crippen molar-refractivity contribution in [1.82, 2.24) is 9.80 Å². The van der Waals surface area contributed by atoms with Gasteiger partial charge in [-0.25, -0.2) is 0 Å². The van der Waals surface area contributed by atoms with E-state index in [2.05, 4.69) is 4.90 Å². The molecule has 1 amide bonds. The van der Waals surface area contributed by atoms with Crippen LogP contribution in [0.1, 0.15) is 44.1 Å². The standard InChI is InChI=1S/C19H29N3O/c1-21(19(23)14-15-8-2-3-9-16(15)20)17-10-4-5-11-18(17)22-12-6-7-13-22/h2-3,8-9,17-18H,4-7,10-14,20H2,1H3. The number of rotatable bonds is 4. The normalized spacial score (nSPS) is 25.4. The molecule has 126 valence electrons. The Morgan fingerprint density at radius 1 is 1.17 bits per heavy atom. The predicted molar refractivity (Wildman–Crippen MR) is 94.2 cm³/mol. The Hall–Kier alpha value is -1.55. The van der Waals surface area contributed by atoms with Gasteiger partial charge in [0.2, 0.25) is 5.91 Å². The van der Waals surface area contributed by atoms with Crippen molar-refractivity contribution in [1.29, 1.82) is 0 Å². The lowest BCUT2D eigenvalue weighted by molar-refractivity contribution is -0.133. The molecule has 1 aliphatic carbocycles. The molecule has 2 unspecified atom stereocenters. The van der Waals surface area contributed by atoms with E-state index >= 15 is 0 Å². The molecule has 0 bridgehead atoms. The van der Waals surface area contributed by atoms with Crippen LogP contribution in [0.25, 0.3) is 0 Å². The minimum absolute atomic E-state index is 0.194. The maximum atomic E-state index is 12.8. The summed E-state index contributed by atoms with van der Waals surface area (Å²) in [6.45, 7) is 2.41. The number of hydrogen-bond donors (Lipinski definition) is 1. The molecule has 2 atom stereocenters. The summed E-state index contributed by atoms with van der Waals surface area (Å²) < 4.78 is 0. The lowest BCUT2D eigenvalue weighted by Crippen LogP contribution is -2.53. The summed E-state index contributed by atoms with van der Waals surface area (Å²) in [5.41, 5.74) is 7.65. The first-order chi connectivity index (χ1) is 11.2. The molecule has 2 fully saturated rings. The molecule has 4 nitrogen and oxygen atoms in total. The van der Waals surface area contributed by atoms with E-state index in [0.29, 0.717) is 24.2 Å². The number of amides is 1. The van der Waals surface area contributed by atoms with E-state index in [1.165, 1.54) is 45.2 Å². The van der Waals surface area contributed by atoms with Gasteiger partial charge in [0.15, 0.2) is 0 Å². The fourth-order valence-corrected chi connectivity index (χ4v) is 4.21. The van der Waals surface area contributed by atoms with Gasteiger partial charge in [0.1, 0.15) is 0 Å². The third-order valence-corrected chi connectivity index (χ3v) is 5.59. The zero-order valence-electron chi connectivity index (χ0n) is 14.2. The smallest absolute Gasteiger partial charge is 0.227 e. The first-order valence-corrected chi connectivity index (χ1v) is 9.00. The first kappa shape index (κ1) is 16.3. The minimum Gasteiger partial charge on any atom is -0.398 e. The quantitative estimate of drug-likeness (QED) is 0.869. The van der Waals surface area contributed by atoms with E-state index in [9.17, 15) is 4.79 Å². The molecule has 1 aromatic rings. The summed E-state index contributed by atoms with van der Waals surface area (Å²) in [6, 6.07) is 8.60. The fraction of sp³-hybridized carbons (Fsp3) is 0.632. The maximum Gasteiger partial charge on any atom is 0.227 e. The van der Waals surface area contributed by atoms with Crippen LogP contribution in [0.4, 0.5) is 5.69 Å². The van der Waals surface area contributed by atoms with Crippen molar-refractivity contribution in [2.45, 2.75) is 57.0 Å². The fourth-order valence-electron chi connectivity index (χ4n) is 4.21. The zero-order valence-corrected chi connectivity index (χ0v) is 14.2. The highest BCUT2D eigenvalue weighted by Crippen LogP contribution is 2.29. The first-order valence-electron chi connectivity index (χ1n) is 9.00. The SMILES string of the molecule is CN(C(=O)Cc1ccccc1N)C1CCCCC1N1CCCC1. The number of likely N-dealkylation sites (tertiary alicyclic amines) is 1. The number of nitrogen functional groups attached to an aromatic ring is 1. The third-order valence-electron chi connectivity index (χ3n) is 5.59. The minimum atomic E-state index is 0.194. The largest absolute Gasteiger partial charge is 0.398 e. The average Bonchev–Trinajstić information content (AvgIpc) is 3.10. The van der Waals surface area contributed by atoms with E-state index in [1.54, 1.807) is 0 Å². The van der Waals surface area contributed by atoms with Crippen molar-refractivity contribution in [3.05, 3.63) is 29.8 Å². The summed E-state index contributed by atoms with van der Waals surface area (Å²) in [5.74, 6) is 0.194. The van der Waals surface area contributed by atoms with Crippen molar-refractivity contribution in [3.63, 3.8) is 0 Å². The predicted octanol–water partition coefficient (Wildman–Crippen LogP) is 2.68. The Bertz CT molecular complexity index is 539. The summed E-state index contributed by atoms with van der Waals surface area (Å²) in [4.78, 5) is 17.4. The highest BCUT2D eigenvalue weighted by atomic mass is 16.2. The zero-order chi connectivity index (χ0) is 16.2. The van der Waals surface area contributed by atoms with E-state index in [0.717, 1.165) is 12.0 Å². The highest BCUT2D eigenvalue weighted by molar-refractivity contribution is 5.80. The second kappa shape index (κ2) is 7.35. The molecule has 1 heterocycles. The van der Waals surface area contributed by atoms with Crippen molar-refractivity contribution in [2.24, 2.45) is 0 Å². The molecule has 23 heavy (non-hydrogen) atoms. The van der Waals surface area contributed by atoms with Gasteiger partial charge in [-0.3, -0.25) is 9.69 Å². The van der Waals surface area contributed by atoms with Crippen LogP contribution in [0.3, 0.4) is 0 Å². The molecule has 4 heteroatoms. The van der Waals surface area contributed by atoms with E-state index in [4.69, 9.17) is 5.73 Å². The van der Waals surface area contributed by atoms with E-state index in [-0.39, 0.29) is 5.91 Å². The lowest BCUT2D eigenvalue weighted by atomic mass is 9.88. The number of hydrogen-bond acceptors (Lipinski definition) is 3. The van der Waals surface area contributed by atoms with Gasteiger partial charge in [-0.1, -0.05) is 31.0 Å². The Morgan fingerprint density at radius 3 is 2.61 bits per heavy atom. The van der Waals surface area contributed by atoms with E-state index < -0.39 is 0 Å². The molecule has 2 aliphatic rings. The maximum absolute atomic E-state index is 12.8. The molecule has 1 aromatic carbocycles. The van der Waals surface area contributed by atoms with Crippen LogP contribution in [0.5, 0.6) is 0 Å². The van der Waals surface area contributed by atoms with Crippen LogP contribution in [-0.4, -0.2) is 47.9 Å². The number of anilines is 1. The van der Waals surface area contributed by atoms with Gasteiger partial charge in [-0.05, 0) is 50.4 Å². The van der Waals surface area contributed by atoms with Gasteiger partial charge in [0.05, 0.1) is 6.42 Å². The summed E-state index contributed by atoms with van der Waals surface area (Å²) in [6.07, 6.45) is 7.92. The van der Waals surface area contributed by atoms with Crippen molar-refractivity contribution in [2.75, 3.05) is 25.9 Å². The molecular weight excluding hydrogens is 286 g/mol. The Morgan fingerprint density at radius 2 is 1.87 bits per heavy atom. The molecule has 0 spiro atoms. The topological polar surface area (TPSA) is 49.6 Å². The summed E-state index contributed by atoms with van der Waals surface area (Å²) in [7, 11) is 1.99.